The second kappa shape index (κ2) is 4.16. The van der Waals surface area contributed by atoms with Gasteiger partial charge in [-0.05, 0) is 28.1 Å². The first-order valence-corrected chi connectivity index (χ1v) is 4.81. The summed E-state index contributed by atoms with van der Waals surface area (Å²) in [6, 6.07) is 6.16. The van der Waals surface area contributed by atoms with Gasteiger partial charge >= 0.3 is 0 Å². The van der Waals surface area contributed by atoms with Crippen LogP contribution in [0.3, 0.4) is 0 Å². The van der Waals surface area contributed by atoms with Crippen molar-refractivity contribution in [3.05, 3.63) is 29.3 Å². The standard InChI is InChI=1S/C9H6BrClFNO/c1-14-8-4-7(9(10,11)12)3-2-6(8)5-13/h2-4H,1H3. The molecule has 1 rings (SSSR count). The van der Waals surface area contributed by atoms with Crippen LogP contribution in [0.1, 0.15) is 11.1 Å². The minimum absolute atomic E-state index is 0.190. The third-order valence-corrected chi connectivity index (χ3v) is 2.33. The number of hydrogen-bond acceptors (Lipinski definition) is 2. The third kappa shape index (κ3) is 2.37. The smallest absolute Gasteiger partial charge is 0.263 e. The van der Waals surface area contributed by atoms with E-state index in [1.54, 1.807) is 0 Å². The van der Waals surface area contributed by atoms with E-state index in [0.717, 1.165) is 0 Å². The molecule has 0 amide bonds. The van der Waals surface area contributed by atoms with Crippen molar-refractivity contribution in [2.45, 2.75) is 4.04 Å². The SMILES string of the molecule is COc1cc(C(F)(Cl)Br)ccc1C#N. The van der Waals surface area contributed by atoms with Gasteiger partial charge in [0.1, 0.15) is 11.8 Å². The highest BCUT2D eigenvalue weighted by Crippen LogP contribution is 2.39. The van der Waals surface area contributed by atoms with Gasteiger partial charge in [0.15, 0.2) is 0 Å². The zero-order chi connectivity index (χ0) is 10.8. The average molecular weight is 279 g/mol. The lowest BCUT2D eigenvalue weighted by Crippen LogP contribution is -2.01. The van der Waals surface area contributed by atoms with Crippen molar-refractivity contribution in [2.24, 2.45) is 0 Å². The third-order valence-electron chi connectivity index (χ3n) is 1.65. The van der Waals surface area contributed by atoms with Crippen molar-refractivity contribution in [3.8, 4) is 11.8 Å². The van der Waals surface area contributed by atoms with Crippen LogP contribution in [0.4, 0.5) is 4.39 Å². The van der Waals surface area contributed by atoms with E-state index in [1.807, 2.05) is 6.07 Å². The molecule has 1 atom stereocenters. The molecule has 0 fully saturated rings. The molecule has 0 saturated carbocycles. The van der Waals surface area contributed by atoms with Gasteiger partial charge in [0.05, 0.1) is 12.7 Å². The molecule has 74 valence electrons. The second-order valence-electron chi connectivity index (χ2n) is 2.52. The Labute approximate surface area is 94.4 Å². The number of nitriles is 1. The molecule has 0 saturated heterocycles. The first-order valence-electron chi connectivity index (χ1n) is 3.64. The van der Waals surface area contributed by atoms with Crippen LogP contribution < -0.4 is 4.74 Å². The Morgan fingerprint density at radius 1 is 1.64 bits per heavy atom. The van der Waals surface area contributed by atoms with Gasteiger partial charge in [-0.15, -0.1) is 0 Å². The molecule has 0 heterocycles. The largest absolute Gasteiger partial charge is 0.495 e. The van der Waals surface area contributed by atoms with Gasteiger partial charge in [-0.1, -0.05) is 17.7 Å². The van der Waals surface area contributed by atoms with Crippen molar-refractivity contribution >= 4 is 27.5 Å². The maximum absolute atomic E-state index is 13.2. The van der Waals surface area contributed by atoms with E-state index in [9.17, 15) is 4.39 Å². The number of alkyl halides is 3. The van der Waals surface area contributed by atoms with Crippen LogP contribution in [0.5, 0.6) is 5.75 Å². The van der Waals surface area contributed by atoms with Gasteiger partial charge in [0, 0.05) is 5.56 Å². The molecule has 1 aromatic carbocycles. The molecule has 0 aliphatic rings. The molecule has 14 heavy (non-hydrogen) atoms. The van der Waals surface area contributed by atoms with Crippen LogP contribution in [0.2, 0.25) is 0 Å². The Balaban J connectivity index is 3.23. The number of hydrogen-bond donors (Lipinski definition) is 0. The first kappa shape index (κ1) is 11.3. The molecule has 0 spiro atoms. The lowest BCUT2D eigenvalue weighted by Gasteiger charge is -2.11. The summed E-state index contributed by atoms with van der Waals surface area (Å²) in [6.45, 7) is 0. The lowest BCUT2D eigenvalue weighted by atomic mass is 10.1. The number of methoxy groups -OCH3 is 1. The Hall–Kier alpha value is -0.790. The number of ether oxygens (including phenoxy) is 1. The predicted molar refractivity (Wildman–Crippen MR) is 55.3 cm³/mol. The highest BCUT2D eigenvalue weighted by molar-refractivity contribution is 9.10. The summed E-state index contributed by atoms with van der Waals surface area (Å²) >= 11 is 8.05. The van der Waals surface area contributed by atoms with E-state index in [1.165, 1.54) is 25.3 Å². The van der Waals surface area contributed by atoms with Crippen LogP contribution in [0.15, 0.2) is 18.2 Å². The van der Waals surface area contributed by atoms with Crippen molar-refractivity contribution in [2.75, 3.05) is 7.11 Å². The molecule has 0 N–H and O–H groups in total. The van der Waals surface area contributed by atoms with Crippen LogP contribution >= 0.6 is 27.5 Å². The second-order valence-corrected chi connectivity index (χ2v) is 4.59. The molecule has 0 aliphatic heterocycles. The Kier molecular flexibility index (Phi) is 3.35. The van der Waals surface area contributed by atoms with Gasteiger partial charge in [-0.2, -0.15) is 5.26 Å². The summed E-state index contributed by atoms with van der Waals surface area (Å²) in [7, 11) is 1.41. The molecular formula is C9H6BrClFNO. The van der Waals surface area contributed by atoms with Crippen molar-refractivity contribution < 1.29 is 9.13 Å². The lowest BCUT2D eigenvalue weighted by molar-refractivity contribution is 0.403. The quantitative estimate of drug-likeness (QED) is 0.778. The Bertz CT molecular complexity index is 383. The number of benzene rings is 1. The summed E-state index contributed by atoms with van der Waals surface area (Å²) in [5.41, 5.74) is 0.527. The van der Waals surface area contributed by atoms with Crippen LogP contribution in [0, 0.1) is 11.3 Å². The molecule has 0 radical (unpaired) electrons. The van der Waals surface area contributed by atoms with Crippen LogP contribution in [0.25, 0.3) is 0 Å². The zero-order valence-corrected chi connectivity index (χ0v) is 9.56. The molecule has 0 aromatic heterocycles. The molecule has 1 unspecified atom stereocenters. The zero-order valence-electron chi connectivity index (χ0n) is 7.22. The first-order chi connectivity index (χ1) is 6.49. The van der Waals surface area contributed by atoms with E-state index in [0.29, 0.717) is 11.3 Å². The molecular weight excluding hydrogens is 272 g/mol. The topological polar surface area (TPSA) is 33.0 Å². The van der Waals surface area contributed by atoms with Gasteiger partial charge in [-0.3, -0.25) is 0 Å². The van der Waals surface area contributed by atoms with E-state index in [4.69, 9.17) is 21.6 Å². The van der Waals surface area contributed by atoms with Gasteiger partial charge < -0.3 is 4.74 Å². The highest BCUT2D eigenvalue weighted by atomic mass is 79.9. The van der Waals surface area contributed by atoms with Crippen molar-refractivity contribution in [1.29, 1.82) is 5.26 Å². The highest BCUT2D eigenvalue weighted by Gasteiger charge is 2.25. The fraction of sp³-hybridized carbons (Fsp3) is 0.222. The van der Waals surface area contributed by atoms with Gasteiger partial charge in [0.25, 0.3) is 4.04 Å². The summed E-state index contributed by atoms with van der Waals surface area (Å²) in [5.74, 6) is 0.298. The maximum Gasteiger partial charge on any atom is 0.263 e. The Morgan fingerprint density at radius 3 is 2.71 bits per heavy atom. The van der Waals surface area contributed by atoms with Crippen LogP contribution in [-0.4, -0.2) is 7.11 Å². The minimum Gasteiger partial charge on any atom is -0.495 e. The van der Waals surface area contributed by atoms with E-state index < -0.39 is 4.04 Å². The van der Waals surface area contributed by atoms with Crippen molar-refractivity contribution in [1.82, 2.24) is 0 Å². The average Bonchev–Trinajstić information content (AvgIpc) is 2.15. The molecule has 0 aliphatic carbocycles. The molecule has 5 heteroatoms. The van der Waals surface area contributed by atoms with Crippen LogP contribution in [-0.2, 0) is 4.04 Å². The van der Waals surface area contributed by atoms with Gasteiger partial charge in [-0.25, -0.2) is 4.39 Å². The van der Waals surface area contributed by atoms with Gasteiger partial charge in [0.2, 0.25) is 0 Å². The van der Waals surface area contributed by atoms with E-state index in [-0.39, 0.29) is 5.56 Å². The maximum atomic E-state index is 13.2. The minimum atomic E-state index is -2.13. The number of nitrogens with zero attached hydrogens (tertiary/aromatic N) is 1. The molecule has 0 bridgehead atoms. The summed E-state index contributed by atoms with van der Waals surface area (Å²) in [6.07, 6.45) is 0. The monoisotopic (exact) mass is 277 g/mol. The molecule has 1 aromatic rings. The predicted octanol–water partition coefficient (Wildman–Crippen LogP) is 3.28. The van der Waals surface area contributed by atoms with E-state index >= 15 is 0 Å². The summed E-state index contributed by atoms with van der Waals surface area (Å²) in [5, 5.41) is 8.67. The Morgan fingerprint density at radius 2 is 2.29 bits per heavy atom. The van der Waals surface area contributed by atoms with Crippen molar-refractivity contribution in [3.63, 3.8) is 0 Å². The summed E-state index contributed by atoms with van der Waals surface area (Å²) in [4.78, 5) is 0. The van der Waals surface area contributed by atoms with E-state index in [2.05, 4.69) is 15.9 Å². The number of rotatable bonds is 2. The summed E-state index contributed by atoms with van der Waals surface area (Å²) < 4.78 is 16.0. The normalized spacial score (nSPS) is 14.2. The fourth-order valence-corrected chi connectivity index (χ4v) is 1.32. The fourth-order valence-electron chi connectivity index (χ4n) is 0.960. The number of halogens is 3. The molecule has 2 nitrogen and oxygen atoms in total.